The van der Waals surface area contributed by atoms with Gasteiger partial charge in [-0.15, -0.1) is 0 Å². The quantitative estimate of drug-likeness (QED) is 0.564. The predicted octanol–water partition coefficient (Wildman–Crippen LogP) is 2.37. The molecular formula is C21H22N6O4. The number of benzene rings is 1. The van der Waals surface area contributed by atoms with Crippen LogP contribution in [-0.2, 0) is 9.53 Å². The molecule has 3 aliphatic rings. The minimum atomic E-state index is -0.544. The smallest absolute Gasteiger partial charge is 0.269 e. The van der Waals surface area contributed by atoms with Gasteiger partial charge in [0.25, 0.3) is 5.69 Å². The predicted molar refractivity (Wildman–Crippen MR) is 114 cm³/mol. The number of anilines is 3. The zero-order valence-corrected chi connectivity index (χ0v) is 16.8. The Bertz CT molecular complexity index is 1110. The molecule has 0 saturated carbocycles. The molecule has 3 heterocycles. The summed E-state index contributed by atoms with van der Waals surface area (Å²) in [5.74, 6) is 0.806. The van der Waals surface area contributed by atoms with E-state index < -0.39 is 10.8 Å². The van der Waals surface area contributed by atoms with E-state index in [2.05, 4.69) is 10.3 Å². The molecule has 1 unspecified atom stereocenters. The molecule has 1 aromatic carbocycles. The molecular weight excluding hydrogens is 400 g/mol. The summed E-state index contributed by atoms with van der Waals surface area (Å²) in [5, 5.41) is 14.7. The number of nitrogens with one attached hydrogen (secondary N) is 1. The van der Waals surface area contributed by atoms with Crippen LogP contribution < -0.4 is 16.0 Å². The van der Waals surface area contributed by atoms with Crippen LogP contribution in [0.2, 0.25) is 0 Å². The Hall–Kier alpha value is -3.53. The number of morpholine rings is 1. The van der Waals surface area contributed by atoms with Crippen molar-refractivity contribution in [2.24, 2.45) is 0 Å². The molecule has 0 spiro atoms. The normalized spacial score (nSPS) is 20.7. The number of ether oxygens (including phenoxy) is 1. The van der Waals surface area contributed by atoms with Gasteiger partial charge in [-0.2, -0.15) is 9.97 Å². The van der Waals surface area contributed by atoms with Crippen LogP contribution in [0, 0.1) is 10.1 Å². The van der Waals surface area contributed by atoms with E-state index in [1.807, 2.05) is 4.90 Å². The van der Waals surface area contributed by atoms with E-state index in [1.165, 1.54) is 12.1 Å². The molecule has 5 rings (SSSR count). The Kier molecular flexibility index (Phi) is 4.78. The van der Waals surface area contributed by atoms with Crippen LogP contribution >= 0.6 is 0 Å². The van der Waals surface area contributed by atoms with Gasteiger partial charge in [0, 0.05) is 54.4 Å². The van der Waals surface area contributed by atoms with E-state index in [9.17, 15) is 14.9 Å². The number of fused-ring (bicyclic) bond motifs is 1. The highest BCUT2D eigenvalue weighted by Crippen LogP contribution is 2.47. The van der Waals surface area contributed by atoms with E-state index in [0.717, 1.165) is 12.1 Å². The van der Waals surface area contributed by atoms with Crippen molar-refractivity contribution in [3.05, 3.63) is 56.8 Å². The van der Waals surface area contributed by atoms with Crippen molar-refractivity contribution in [1.82, 2.24) is 9.97 Å². The van der Waals surface area contributed by atoms with Crippen molar-refractivity contribution >= 4 is 29.1 Å². The van der Waals surface area contributed by atoms with Gasteiger partial charge in [0.05, 0.1) is 18.1 Å². The lowest BCUT2D eigenvalue weighted by Gasteiger charge is -2.35. The van der Waals surface area contributed by atoms with E-state index in [0.29, 0.717) is 67.6 Å². The fraction of sp³-hybridized carbons (Fsp3) is 0.381. The SMILES string of the molecule is Nc1nc(N2CCOCC2)nc2c1C(c1cccc([N+](=O)[O-])c1)C1=C(CCCC1=O)N2. The number of allylic oxidation sites excluding steroid dienone is 2. The summed E-state index contributed by atoms with van der Waals surface area (Å²) in [5.41, 5.74) is 9.03. The first kappa shape index (κ1) is 19.4. The minimum absolute atomic E-state index is 0.0209. The fourth-order valence-corrected chi connectivity index (χ4v) is 4.53. The lowest BCUT2D eigenvalue weighted by atomic mass is 9.76. The number of non-ortho nitro benzene ring substituents is 1. The topological polar surface area (TPSA) is 137 Å². The van der Waals surface area contributed by atoms with Crippen LogP contribution in [0.3, 0.4) is 0 Å². The van der Waals surface area contributed by atoms with Gasteiger partial charge >= 0.3 is 0 Å². The standard InChI is InChI=1S/C21H22N6O4/c22-19-18-16(12-3-1-4-13(11-12)27(29)30)17-14(5-2-6-15(17)28)23-20(18)25-21(24-19)26-7-9-31-10-8-26/h1,3-4,11,16H,2,5-10H2,(H3,22,23,24,25). The van der Waals surface area contributed by atoms with Crippen molar-refractivity contribution in [1.29, 1.82) is 0 Å². The molecule has 1 saturated heterocycles. The molecule has 2 aromatic rings. The summed E-state index contributed by atoms with van der Waals surface area (Å²) < 4.78 is 5.41. The minimum Gasteiger partial charge on any atom is -0.383 e. The number of hydrogen-bond acceptors (Lipinski definition) is 9. The number of aromatic nitrogens is 2. The van der Waals surface area contributed by atoms with E-state index >= 15 is 0 Å². The molecule has 2 aliphatic heterocycles. The Morgan fingerprint density at radius 3 is 2.81 bits per heavy atom. The summed E-state index contributed by atoms with van der Waals surface area (Å²) in [4.78, 5) is 35.1. The Morgan fingerprint density at radius 2 is 2.03 bits per heavy atom. The monoisotopic (exact) mass is 422 g/mol. The average molecular weight is 422 g/mol. The first-order valence-electron chi connectivity index (χ1n) is 10.3. The zero-order chi connectivity index (χ0) is 21.5. The van der Waals surface area contributed by atoms with E-state index in [4.69, 9.17) is 15.5 Å². The molecule has 31 heavy (non-hydrogen) atoms. The van der Waals surface area contributed by atoms with Crippen LogP contribution in [0.1, 0.15) is 36.3 Å². The molecule has 1 aromatic heterocycles. The van der Waals surface area contributed by atoms with Crippen molar-refractivity contribution in [2.75, 3.05) is 42.3 Å². The first-order valence-corrected chi connectivity index (χ1v) is 10.3. The highest BCUT2D eigenvalue weighted by molar-refractivity contribution is 6.01. The van der Waals surface area contributed by atoms with Gasteiger partial charge in [0.1, 0.15) is 11.6 Å². The Labute approximate surface area is 178 Å². The zero-order valence-electron chi connectivity index (χ0n) is 16.8. The third-order valence-electron chi connectivity index (χ3n) is 5.97. The second-order valence-electron chi connectivity index (χ2n) is 7.85. The second kappa shape index (κ2) is 7.62. The number of nitrogens with two attached hydrogens (primary N) is 1. The maximum absolute atomic E-state index is 12.9. The van der Waals surface area contributed by atoms with Crippen molar-refractivity contribution in [3.8, 4) is 0 Å². The third kappa shape index (κ3) is 3.38. The molecule has 10 nitrogen and oxygen atoms in total. The second-order valence-corrected chi connectivity index (χ2v) is 7.85. The van der Waals surface area contributed by atoms with E-state index in [-0.39, 0.29) is 17.3 Å². The van der Waals surface area contributed by atoms with Gasteiger partial charge in [-0.3, -0.25) is 14.9 Å². The Morgan fingerprint density at radius 1 is 1.23 bits per heavy atom. The number of hydrogen-bond donors (Lipinski definition) is 2. The number of nitrogen functional groups attached to an aromatic ring is 1. The van der Waals surface area contributed by atoms with Crippen molar-refractivity contribution in [3.63, 3.8) is 0 Å². The molecule has 1 aliphatic carbocycles. The lowest BCUT2D eigenvalue weighted by Crippen LogP contribution is -2.38. The summed E-state index contributed by atoms with van der Waals surface area (Å²) in [7, 11) is 0. The maximum Gasteiger partial charge on any atom is 0.269 e. The molecule has 0 amide bonds. The number of nitrogens with zero attached hydrogens (tertiary/aromatic N) is 4. The maximum atomic E-state index is 12.9. The number of carbonyl (C=O) groups excluding carboxylic acids is 1. The van der Waals surface area contributed by atoms with Crippen LogP contribution in [0.25, 0.3) is 0 Å². The Balaban J connectivity index is 1.67. The molecule has 1 atom stereocenters. The third-order valence-corrected chi connectivity index (χ3v) is 5.97. The highest BCUT2D eigenvalue weighted by atomic mass is 16.6. The van der Waals surface area contributed by atoms with E-state index in [1.54, 1.807) is 12.1 Å². The van der Waals surface area contributed by atoms with Crippen LogP contribution in [-0.4, -0.2) is 47.0 Å². The van der Waals surface area contributed by atoms with Gasteiger partial charge in [-0.25, -0.2) is 0 Å². The number of ketones is 1. The number of nitro benzene ring substituents is 1. The highest BCUT2D eigenvalue weighted by Gasteiger charge is 2.38. The van der Waals surface area contributed by atoms with Gasteiger partial charge in [-0.1, -0.05) is 12.1 Å². The molecule has 160 valence electrons. The molecule has 0 bridgehead atoms. The summed E-state index contributed by atoms with van der Waals surface area (Å²) in [6.07, 6.45) is 1.90. The molecule has 0 radical (unpaired) electrons. The first-order chi connectivity index (χ1) is 15.0. The van der Waals surface area contributed by atoms with Crippen molar-refractivity contribution < 1.29 is 14.5 Å². The van der Waals surface area contributed by atoms with Crippen LogP contribution in [0.5, 0.6) is 0 Å². The number of Topliss-reactive ketones (excluding diaryl/α,β-unsaturated/α-hetero) is 1. The van der Waals surface area contributed by atoms with Gasteiger partial charge in [-0.05, 0) is 18.4 Å². The van der Waals surface area contributed by atoms with Gasteiger partial charge < -0.3 is 20.7 Å². The number of carbonyl (C=O) groups is 1. The summed E-state index contributed by atoms with van der Waals surface area (Å²) >= 11 is 0. The van der Waals surface area contributed by atoms with Crippen LogP contribution in [0.15, 0.2) is 35.5 Å². The summed E-state index contributed by atoms with van der Waals surface area (Å²) in [6.45, 7) is 2.51. The molecule has 1 fully saturated rings. The molecule has 3 N–H and O–H groups in total. The number of rotatable bonds is 3. The lowest BCUT2D eigenvalue weighted by molar-refractivity contribution is -0.384. The van der Waals surface area contributed by atoms with Gasteiger partial charge in [0.2, 0.25) is 5.95 Å². The summed E-state index contributed by atoms with van der Waals surface area (Å²) in [6, 6.07) is 6.35. The molecule has 10 heteroatoms. The fourth-order valence-electron chi connectivity index (χ4n) is 4.53. The number of nitro groups is 1. The largest absolute Gasteiger partial charge is 0.383 e. The van der Waals surface area contributed by atoms with Crippen molar-refractivity contribution in [2.45, 2.75) is 25.2 Å². The van der Waals surface area contributed by atoms with Gasteiger partial charge in [0.15, 0.2) is 5.78 Å². The van der Waals surface area contributed by atoms with Crippen LogP contribution in [0.4, 0.5) is 23.3 Å². The average Bonchev–Trinajstić information content (AvgIpc) is 2.78.